The number of halogens is 1. The number of nitrogens with one attached hydrogen (secondary N) is 2. The van der Waals surface area contributed by atoms with Crippen LogP contribution in [0.5, 0.6) is 0 Å². The molecule has 0 bridgehead atoms. The molecule has 0 spiro atoms. The minimum Gasteiger partial charge on any atom is -0.360 e. The Kier molecular flexibility index (Phi) is 3.90. The van der Waals surface area contributed by atoms with Crippen molar-refractivity contribution < 1.29 is 18.8 Å². The van der Waals surface area contributed by atoms with Gasteiger partial charge in [0.1, 0.15) is 5.82 Å². The zero-order valence-corrected chi connectivity index (χ0v) is 14.3. The molecule has 8 heteroatoms. The predicted octanol–water partition coefficient (Wildman–Crippen LogP) is 0.726. The van der Waals surface area contributed by atoms with Gasteiger partial charge in [0, 0.05) is 50.2 Å². The van der Waals surface area contributed by atoms with Crippen LogP contribution in [0.15, 0.2) is 24.4 Å². The monoisotopic (exact) mass is 358 g/mol. The molecule has 1 aromatic heterocycles. The van der Waals surface area contributed by atoms with Gasteiger partial charge in [-0.05, 0) is 18.2 Å². The standard InChI is InChI=1S/C18H19FN4O3/c1-20-17(25)10-4-16(24)23(7-10)12-8-22(9-12)18(26)14-6-21-15-5-11(19)2-3-13(14)15/h2-3,5-6,10,12,21H,4,7-9H2,1H3,(H,20,25). The summed E-state index contributed by atoms with van der Waals surface area (Å²) < 4.78 is 13.3. The Morgan fingerprint density at radius 3 is 2.77 bits per heavy atom. The van der Waals surface area contributed by atoms with Gasteiger partial charge in [0.25, 0.3) is 5.91 Å². The number of rotatable bonds is 3. The van der Waals surface area contributed by atoms with Gasteiger partial charge in [-0.15, -0.1) is 0 Å². The van der Waals surface area contributed by atoms with Crippen molar-refractivity contribution in [1.29, 1.82) is 0 Å². The number of carbonyl (C=O) groups is 3. The molecule has 3 amide bonds. The molecule has 1 atom stereocenters. The molecule has 2 fully saturated rings. The Morgan fingerprint density at radius 2 is 2.04 bits per heavy atom. The van der Waals surface area contributed by atoms with Crippen LogP contribution in [0.25, 0.3) is 10.9 Å². The normalized spacial score (nSPS) is 20.5. The van der Waals surface area contributed by atoms with Crippen molar-refractivity contribution in [2.24, 2.45) is 5.92 Å². The highest BCUT2D eigenvalue weighted by Gasteiger charge is 2.43. The van der Waals surface area contributed by atoms with Gasteiger partial charge in [-0.25, -0.2) is 4.39 Å². The first-order chi connectivity index (χ1) is 12.5. The summed E-state index contributed by atoms with van der Waals surface area (Å²) >= 11 is 0. The molecular formula is C18H19FN4O3. The number of hydrogen-bond donors (Lipinski definition) is 2. The molecule has 2 aliphatic rings. The molecule has 1 unspecified atom stereocenters. The van der Waals surface area contributed by atoms with Crippen molar-refractivity contribution in [1.82, 2.24) is 20.1 Å². The first kappa shape index (κ1) is 16.6. The van der Waals surface area contributed by atoms with Crippen LogP contribution in [-0.2, 0) is 9.59 Å². The van der Waals surface area contributed by atoms with Crippen LogP contribution in [0.1, 0.15) is 16.8 Å². The van der Waals surface area contributed by atoms with E-state index in [-0.39, 0.29) is 41.9 Å². The SMILES string of the molecule is CNC(=O)C1CC(=O)N(C2CN(C(=O)c3c[nH]c4cc(F)ccc34)C2)C1. The maximum Gasteiger partial charge on any atom is 0.256 e. The van der Waals surface area contributed by atoms with Crippen LogP contribution < -0.4 is 5.32 Å². The maximum atomic E-state index is 13.3. The van der Waals surface area contributed by atoms with Gasteiger partial charge in [0.15, 0.2) is 0 Å². The van der Waals surface area contributed by atoms with E-state index in [9.17, 15) is 18.8 Å². The van der Waals surface area contributed by atoms with E-state index >= 15 is 0 Å². The molecule has 7 nitrogen and oxygen atoms in total. The van der Waals surface area contributed by atoms with E-state index in [0.29, 0.717) is 36.1 Å². The van der Waals surface area contributed by atoms with Crippen molar-refractivity contribution in [3.8, 4) is 0 Å². The summed E-state index contributed by atoms with van der Waals surface area (Å²) in [6, 6.07) is 4.22. The number of H-pyrrole nitrogens is 1. The molecule has 3 heterocycles. The lowest BCUT2D eigenvalue weighted by atomic mass is 10.0. The number of benzene rings is 1. The van der Waals surface area contributed by atoms with Crippen molar-refractivity contribution in [3.63, 3.8) is 0 Å². The summed E-state index contributed by atoms with van der Waals surface area (Å²) in [5.74, 6) is -0.993. The average Bonchev–Trinajstić information content (AvgIpc) is 3.16. The molecular weight excluding hydrogens is 339 g/mol. The van der Waals surface area contributed by atoms with Crippen LogP contribution in [0.4, 0.5) is 4.39 Å². The summed E-state index contributed by atoms with van der Waals surface area (Å²) in [5, 5.41) is 3.25. The zero-order chi connectivity index (χ0) is 18.4. The molecule has 2 N–H and O–H groups in total. The van der Waals surface area contributed by atoms with E-state index in [1.807, 2.05) is 0 Å². The van der Waals surface area contributed by atoms with Crippen molar-refractivity contribution in [3.05, 3.63) is 35.8 Å². The highest BCUT2D eigenvalue weighted by Crippen LogP contribution is 2.28. The number of nitrogens with zero attached hydrogens (tertiary/aromatic N) is 2. The lowest BCUT2D eigenvalue weighted by Crippen LogP contribution is -2.61. The highest BCUT2D eigenvalue weighted by atomic mass is 19.1. The summed E-state index contributed by atoms with van der Waals surface area (Å²) in [5.41, 5.74) is 1.07. The van der Waals surface area contributed by atoms with Gasteiger partial charge in [-0.3, -0.25) is 14.4 Å². The highest BCUT2D eigenvalue weighted by molar-refractivity contribution is 6.07. The van der Waals surface area contributed by atoms with E-state index in [4.69, 9.17) is 0 Å². The number of likely N-dealkylation sites (tertiary alicyclic amines) is 2. The Morgan fingerprint density at radius 1 is 1.27 bits per heavy atom. The van der Waals surface area contributed by atoms with Crippen LogP contribution in [-0.4, -0.2) is 65.2 Å². The lowest BCUT2D eigenvalue weighted by molar-refractivity contribution is -0.132. The molecule has 2 aromatic rings. The molecule has 0 aliphatic carbocycles. The molecule has 4 rings (SSSR count). The summed E-state index contributed by atoms with van der Waals surface area (Å²) in [6.45, 7) is 1.29. The van der Waals surface area contributed by atoms with Gasteiger partial charge in [0.05, 0.1) is 17.5 Å². The molecule has 26 heavy (non-hydrogen) atoms. The van der Waals surface area contributed by atoms with E-state index in [0.717, 1.165) is 0 Å². The quantitative estimate of drug-likeness (QED) is 0.848. The predicted molar refractivity (Wildman–Crippen MR) is 91.8 cm³/mol. The Bertz CT molecular complexity index is 903. The number of amides is 3. The molecule has 2 saturated heterocycles. The first-order valence-electron chi connectivity index (χ1n) is 8.55. The zero-order valence-electron chi connectivity index (χ0n) is 14.3. The minimum atomic E-state index is -0.361. The van der Waals surface area contributed by atoms with E-state index < -0.39 is 0 Å². The van der Waals surface area contributed by atoms with Gasteiger partial charge < -0.3 is 20.1 Å². The number of aromatic nitrogens is 1. The first-order valence-corrected chi connectivity index (χ1v) is 8.55. The van der Waals surface area contributed by atoms with Crippen LogP contribution in [0.3, 0.4) is 0 Å². The van der Waals surface area contributed by atoms with Crippen LogP contribution in [0.2, 0.25) is 0 Å². The van der Waals surface area contributed by atoms with Gasteiger partial charge in [-0.1, -0.05) is 0 Å². The molecule has 1 aromatic carbocycles. The van der Waals surface area contributed by atoms with E-state index in [1.54, 1.807) is 29.1 Å². The smallest absolute Gasteiger partial charge is 0.256 e. The second-order valence-corrected chi connectivity index (χ2v) is 6.82. The molecule has 2 aliphatic heterocycles. The van der Waals surface area contributed by atoms with Crippen LogP contribution >= 0.6 is 0 Å². The third kappa shape index (κ3) is 2.61. The number of aromatic amines is 1. The summed E-state index contributed by atoms with van der Waals surface area (Å²) in [7, 11) is 1.56. The van der Waals surface area contributed by atoms with Crippen molar-refractivity contribution >= 4 is 28.6 Å². The minimum absolute atomic E-state index is 0.0433. The van der Waals surface area contributed by atoms with Gasteiger partial charge in [-0.2, -0.15) is 0 Å². The summed E-state index contributed by atoms with van der Waals surface area (Å²) in [6.07, 6.45) is 1.81. The average molecular weight is 358 g/mol. The Hall–Kier alpha value is -2.90. The topological polar surface area (TPSA) is 85.5 Å². The third-order valence-corrected chi connectivity index (χ3v) is 5.24. The Labute approximate surface area is 149 Å². The van der Waals surface area contributed by atoms with Gasteiger partial charge >= 0.3 is 0 Å². The largest absolute Gasteiger partial charge is 0.360 e. The van der Waals surface area contributed by atoms with Gasteiger partial charge in [0.2, 0.25) is 11.8 Å². The fourth-order valence-electron chi connectivity index (χ4n) is 3.73. The number of hydrogen-bond acceptors (Lipinski definition) is 3. The van der Waals surface area contributed by atoms with Crippen molar-refractivity contribution in [2.75, 3.05) is 26.7 Å². The molecule has 136 valence electrons. The third-order valence-electron chi connectivity index (χ3n) is 5.24. The molecule has 0 radical (unpaired) electrons. The fraction of sp³-hybridized carbons (Fsp3) is 0.389. The fourth-order valence-corrected chi connectivity index (χ4v) is 3.73. The number of carbonyl (C=O) groups excluding carboxylic acids is 3. The van der Waals surface area contributed by atoms with Crippen molar-refractivity contribution in [2.45, 2.75) is 12.5 Å². The maximum absolute atomic E-state index is 13.3. The van der Waals surface area contributed by atoms with E-state index in [2.05, 4.69) is 10.3 Å². The van der Waals surface area contributed by atoms with Crippen LogP contribution in [0, 0.1) is 11.7 Å². The summed E-state index contributed by atoms with van der Waals surface area (Å²) in [4.78, 5) is 42.9. The van der Waals surface area contributed by atoms with E-state index in [1.165, 1.54) is 12.1 Å². The second-order valence-electron chi connectivity index (χ2n) is 6.82. The Balaban J connectivity index is 1.42. The number of fused-ring (bicyclic) bond motifs is 1. The second kappa shape index (κ2) is 6.12. The lowest BCUT2D eigenvalue weighted by Gasteiger charge is -2.44. The molecule has 0 saturated carbocycles.